The molecule has 0 spiro atoms. The summed E-state index contributed by atoms with van der Waals surface area (Å²) in [5.41, 5.74) is 2.88. The van der Waals surface area contributed by atoms with Crippen molar-refractivity contribution in [2.45, 2.75) is 19.1 Å². The lowest BCUT2D eigenvalue weighted by Crippen LogP contribution is -2.30. The number of hydrogen-bond acceptors (Lipinski definition) is 3. The quantitative estimate of drug-likeness (QED) is 0.694. The summed E-state index contributed by atoms with van der Waals surface area (Å²) in [5.74, 6) is -1.12. The number of carbonyl (C=O) groups is 2. The number of alkyl halides is 1. The van der Waals surface area contributed by atoms with E-state index in [1.807, 2.05) is 0 Å². The molecule has 0 aliphatic carbocycles. The normalized spacial score (nSPS) is 13.5. The average molecular weight is 393 g/mol. The van der Waals surface area contributed by atoms with Crippen LogP contribution in [0, 0.1) is 5.82 Å². The number of pyridine rings is 1. The molecule has 1 atom stereocenters. The van der Waals surface area contributed by atoms with Crippen LogP contribution in [-0.2, 0) is 17.9 Å². The summed E-state index contributed by atoms with van der Waals surface area (Å²) in [6.07, 6.45) is 1.65. The van der Waals surface area contributed by atoms with Crippen molar-refractivity contribution in [3.05, 3.63) is 94.6 Å². The van der Waals surface area contributed by atoms with Crippen molar-refractivity contribution in [2.24, 2.45) is 0 Å². The molecule has 2 amide bonds. The van der Waals surface area contributed by atoms with Crippen LogP contribution in [0.15, 0.2) is 60.8 Å². The molecule has 146 valence electrons. The minimum atomic E-state index is -0.856. The number of benzene rings is 2. The molecule has 1 aromatic heterocycles. The highest BCUT2D eigenvalue weighted by molar-refractivity contribution is 6.01. The molecule has 3 aromatic rings. The highest BCUT2D eigenvalue weighted by Gasteiger charge is 2.24. The van der Waals surface area contributed by atoms with Gasteiger partial charge in [-0.2, -0.15) is 0 Å². The third-order valence-corrected chi connectivity index (χ3v) is 4.80. The predicted octanol–water partition coefficient (Wildman–Crippen LogP) is 3.70. The number of fused-ring (bicyclic) bond motifs is 1. The van der Waals surface area contributed by atoms with Gasteiger partial charge >= 0.3 is 0 Å². The predicted molar refractivity (Wildman–Crippen MR) is 104 cm³/mol. The maximum atomic E-state index is 14.4. The van der Waals surface area contributed by atoms with Gasteiger partial charge in [-0.05, 0) is 47.0 Å². The van der Waals surface area contributed by atoms with E-state index in [4.69, 9.17) is 0 Å². The number of nitrogens with zero attached hydrogens (tertiary/aromatic N) is 1. The standard InChI is InChI=1S/C22H17F2N3O2/c23-12-13-3-5-14(6-4-13)20(21-17(24)2-1-9-25-21)27-22(29)15-7-8-18-16(10-15)11-19(28)26-18/h1-10,20H,11-12H2,(H,26,28)(H,27,29)/t20-/m0/s1. The van der Waals surface area contributed by atoms with Crippen LogP contribution in [0.3, 0.4) is 0 Å². The Bertz CT molecular complexity index is 1080. The topological polar surface area (TPSA) is 71.1 Å². The Hall–Kier alpha value is -3.61. The third-order valence-electron chi connectivity index (χ3n) is 4.80. The Morgan fingerprint density at radius 2 is 1.97 bits per heavy atom. The molecule has 2 aromatic carbocycles. The van der Waals surface area contributed by atoms with Crippen molar-refractivity contribution in [1.29, 1.82) is 0 Å². The van der Waals surface area contributed by atoms with Gasteiger partial charge in [0.25, 0.3) is 5.91 Å². The van der Waals surface area contributed by atoms with Gasteiger partial charge in [0.05, 0.1) is 12.5 Å². The van der Waals surface area contributed by atoms with Crippen LogP contribution in [0.5, 0.6) is 0 Å². The van der Waals surface area contributed by atoms with Crippen LogP contribution >= 0.6 is 0 Å². The molecule has 2 N–H and O–H groups in total. The van der Waals surface area contributed by atoms with E-state index < -0.39 is 24.4 Å². The third kappa shape index (κ3) is 3.85. The second-order valence-electron chi connectivity index (χ2n) is 6.75. The minimum absolute atomic E-state index is 0.0619. The largest absolute Gasteiger partial charge is 0.339 e. The lowest BCUT2D eigenvalue weighted by molar-refractivity contribution is -0.115. The van der Waals surface area contributed by atoms with Gasteiger partial charge in [0.15, 0.2) is 0 Å². The number of nitrogens with one attached hydrogen (secondary N) is 2. The molecular weight excluding hydrogens is 376 g/mol. The van der Waals surface area contributed by atoms with Gasteiger partial charge in [-0.15, -0.1) is 0 Å². The van der Waals surface area contributed by atoms with Crippen LogP contribution < -0.4 is 10.6 Å². The fraction of sp³-hybridized carbons (Fsp3) is 0.136. The Morgan fingerprint density at radius 3 is 2.69 bits per heavy atom. The number of amides is 2. The van der Waals surface area contributed by atoms with Crippen molar-refractivity contribution in [1.82, 2.24) is 10.3 Å². The first kappa shape index (κ1) is 18.7. The molecule has 0 bridgehead atoms. The Morgan fingerprint density at radius 1 is 1.17 bits per heavy atom. The lowest BCUT2D eigenvalue weighted by Gasteiger charge is -2.20. The number of rotatable bonds is 5. The van der Waals surface area contributed by atoms with Crippen LogP contribution in [0.2, 0.25) is 0 Å². The van der Waals surface area contributed by atoms with Gasteiger partial charge in [0.2, 0.25) is 5.91 Å². The van der Waals surface area contributed by atoms with Crippen molar-refractivity contribution in [3.8, 4) is 0 Å². The van der Waals surface area contributed by atoms with E-state index >= 15 is 0 Å². The molecule has 29 heavy (non-hydrogen) atoms. The summed E-state index contributed by atoms with van der Waals surface area (Å²) in [4.78, 5) is 28.5. The van der Waals surface area contributed by atoms with E-state index in [9.17, 15) is 18.4 Å². The fourth-order valence-corrected chi connectivity index (χ4v) is 3.30. The molecule has 2 heterocycles. The zero-order valence-electron chi connectivity index (χ0n) is 15.3. The second kappa shape index (κ2) is 7.79. The van der Waals surface area contributed by atoms with Crippen LogP contribution in [0.1, 0.15) is 38.8 Å². The monoisotopic (exact) mass is 393 g/mol. The van der Waals surface area contributed by atoms with Gasteiger partial charge in [0.1, 0.15) is 18.2 Å². The molecule has 0 unspecified atom stereocenters. The molecule has 1 aliphatic rings. The summed E-state index contributed by atoms with van der Waals surface area (Å²) in [6.45, 7) is -0.614. The van der Waals surface area contributed by atoms with Crippen molar-refractivity contribution in [2.75, 3.05) is 5.32 Å². The summed E-state index contributed by atoms with van der Waals surface area (Å²) >= 11 is 0. The van der Waals surface area contributed by atoms with E-state index in [0.717, 1.165) is 5.56 Å². The first-order chi connectivity index (χ1) is 14.0. The molecule has 0 saturated carbocycles. The van der Waals surface area contributed by atoms with Gasteiger partial charge in [-0.25, -0.2) is 8.78 Å². The van der Waals surface area contributed by atoms with E-state index in [0.29, 0.717) is 22.4 Å². The number of anilines is 1. The molecule has 1 aliphatic heterocycles. The van der Waals surface area contributed by atoms with Gasteiger partial charge in [-0.3, -0.25) is 14.6 Å². The van der Waals surface area contributed by atoms with Crippen molar-refractivity contribution >= 4 is 17.5 Å². The number of halogens is 2. The van der Waals surface area contributed by atoms with Crippen LogP contribution in [0.4, 0.5) is 14.5 Å². The molecular formula is C22H17F2N3O2. The summed E-state index contributed by atoms with van der Waals surface area (Å²) < 4.78 is 27.3. The lowest BCUT2D eigenvalue weighted by atomic mass is 10.00. The zero-order chi connectivity index (χ0) is 20.4. The first-order valence-corrected chi connectivity index (χ1v) is 9.04. The summed E-state index contributed by atoms with van der Waals surface area (Å²) in [5, 5.41) is 5.52. The number of carbonyl (C=O) groups excluding carboxylic acids is 2. The smallest absolute Gasteiger partial charge is 0.252 e. The Balaban J connectivity index is 1.66. The molecule has 4 rings (SSSR count). The second-order valence-corrected chi connectivity index (χ2v) is 6.75. The Labute approximate surface area is 165 Å². The van der Waals surface area contributed by atoms with Crippen LogP contribution in [-0.4, -0.2) is 16.8 Å². The first-order valence-electron chi connectivity index (χ1n) is 9.04. The molecule has 0 radical (unpaired) electrons. The Kier molecular flexibility index (Phi) is 5.03. The average Bonchev–Trinajstić information content (AvgIpc) is 3.12. The van der Waals surface area contributed by atoms with E-state index in [-0.39, 0.29) is 18.0 Å². The van der Waals surface area contributed by atoms with Gasteiger partial charge < -0.3 is 10.6 Å². The van der Waals surface area contributed by atoms with E-state index in [2.05, 4.69) is 15.6 Å². The van der Waals surface area contributed by atoms with Crippen LogP contribution in [0.25, 0.3) is 0 Å². The zero-order valence-corrected chi connectivity index (χ0v) is 15.3. The summed E-state index contributed by atoms with van der Waals surface area (Å²) in [7, 11) is 0. The summed E-state index contributed by atoms with van der Waals surface area (Å²) in [6, 6.07) is 13.2. The van der Waals surface area contributed by atoms with Crippen molar-refractivity contribution < 1.29 is 18.4 Å². The van der Waals surface area contributed by atoms with Crippen molar-refractivity contribution in [3.63, 3.8) is 0 Å². The maximum absolute atomic E-state index is 14.4. The van der Waals surface area contributed by atoms with E-state index in [1.54, 1.807) is 42.5 Å². The van der Waals surface area contributed by atoms with Gasteiger partial charge in [0, 0.05) is 17.4 Å². The fourth-order valence-electron chi connectivity index (χ4n) is 3.30. The molecule has 0 saturated heterocycles. The maximum Gasteiger partial charge on any atom is 0.252 e. The molecule has 5 nitrogen and oxygen atoms in total. The minimum Gasteiger partial charge on any atom is -0.339 e. The highest BCUT2D eigenvalue weighted by atomic mass is 19.1. The number of hydrogen-bond donors (Lipinski definition) is 2. The van der Waals surface area contributed by atoms with E-state index in [1.165, 1.54) is 18.3 Å². The molecule has 7 heteroatoms. The number of aromatic nitrogens is 1. The van der Waals surface area contributed by atoms with Gasteiger partial charge in [-0.1, -0.05) is 24.3 Å². The highest BCUT2D eigenvalue weighted by Crippen LogP contribution is 2.26. The SMILES string of the molecule is O=C1Cc2cc(C(=O)N[C@@H](c3ccc(CF)cc3)c3ncccc3F)ccc2N1. The molecule has 0 fully saturated rings.